The Morgan fingerprint density at radius 3 is 2.35 bits per heavy atom. The van der Waals surface area contributed by atoms with Crippen LogP contribution in [0.1, 0.15) is 11.1 Å². The maximum atomic E-state index is 12.8. The summed E-state index contributed by atoms with van der Waals surface area (Å²) < 4.78 is 18.5. The lowest BCUT2D eigenvalue weighted by atomic mass is 10.2. The van der Waals surface area contributed by atoms with Crippen molar-refractivity contribution in [3.8, 4) is 5.75 Å². The highest BCUT2D eigenvalue weighted by Crippen LogP contribution is 2.16. The number of ether oxygens (including phenoxy) is 1. The Balaban J connectivity index is 1.63. The van der Waals surface area contributed by atoms with Crippen molar-refractivity contribution < 1.29 is 13.9 Å². The molecule has 4 nitrogen and oxygen atoms in total. The van der Waals surface area contributed by atoms with Gasteiger partial charge in [-0.2, -0.15) is 0 Å². The van der Waals surface area contributed by atoms with E-state index in [-0.39, 0.29) is 11.7 Å². The SMILES string of the molecule is O=C1NC(=S)NC1=Cc1ccc(OCc2ccc(F)cc2)cc1. The third-order valence-electron chi connectivity index (χ3n) is 3.23. The molecule has 0 radical (unpaired) electrons. The summed E-state index contributed by atoms with van der Waals surface area (Å²) in [6, 6.07) is 13.5. The van der Waals surface area contributed by atoms with Gasteiger partial charge in [0.15, 0.2) is 5.11 Å². The number of amides is 1. The molecule has 0 atom stereocenters. The van der Waals surface area contributed by atoms with Gasteiger partial charge in [0.2, 0.25) is 0 Å². The molecule has 0 saturated carbocycles. The van der Waals surface area contributed by atoms with Crippen molar-refractivity contribution in [2.75, 3.05) is 0 Å². The molecule has 6 heteroatoms. The largest absolute Gasteiger partial charge is 0.489 e. The van der Waals surface area contributed by atoms with E-state index in [0.29, 0.717) is 23.2 Å². The number of halogens is 1. The monoisotopic (exact) mass is 328 g/mol. The number of thiocarbonyl (C=S) groups is 1. The van der Waals surface area contributed by atoms with Crippen molar-refractivity contribution >= 4 is 29.3 Å². The lowest BCUT2D eigenvalue weighted by molar-refractivity contribution is -0.115. The van der Waals surface area contributed by atoms with Crippen LogP contribution in [-0.2, 0) is 11.4 Å². The number of nitrogens with one attached hydrogen (secondary N) is 2. The van der Waals surface area contributed by atoms with Gasteiger partial charge in [0.05, 0.1) is 0 Å². The molecule has 1 saturated heterocycles. The van der Waals surface area contributed by atoms with Crippen molar-refractivity contribution in [3.05, 3.63) is 71.2 Å². The average molecular weight is 328 g/mol. The van der Waals surface area contributed by atoms with E-state index in [0.717, 1.165) is 11.1 Å². The lowest BCUT2D eigenvalue weighted by Gasteiger charge is -2.06. The fourth-order valence-electron chi connectivity index (χ4n) is 2.06. The quantitative estimate of drug-likeness (QED) is 0.669. The Labute approximate surface area is 138 Å². The van der Waals surface area contributed by atoms with Crippen LogP contribution in [0, 0.1) is 5.82 Å². The molecule has 0 aromatic heterocycles. The molecule has 2 aromatic rings. The number of benzene rings is 2. The lowest BCUT2D eigenvalue weighted by Crippen LogP contribution is -2.21. The van der Waals surface area contributed by atoms with E-state index in [4.69, 9.17) is 17.0 Å². The third kappa shape index (κ3) is 3.92. The summed E-state index contributed by atoms with van der Waals surface area (Å²) in [4.78, 5) is 11.6. The smallest absolute Gasteiger partial charge is 0.273 e. The summed E-state index contributed by atoms with van der Waals surface area (Å²) in [5.41, 5.74) is 2.15. The molecule has 3 rings (SSSR count). The van der Waals surface area contributed by atoms with E-state index in [1.807, 2.05) is 12.1 Å². The van der Waals surface area contributed by atoms with E-state index in [1.54, 1.807) is 30.3 Å². The van der Waals surface area contributed by atoms with Crippen molar-refractivity contribution in [1.82, 2.24) is 10.6 Å². The molecular formula is C17H13FN2O2S. The van der Waals surface area contributed by atoms with Gasteiger partial charge in [-0.3, -0.25) is 10.1 Å². The minimum atomic E-state index is -0.268. The highest BCUT2D eigenvalue weighted by atomic mass is 32.1. The summed E-state index contributed by atoms with van der Waals surface area (Å²) in [6.07, 6.45) is 1.71. The van der Waals surface area contributed by atoms with Crippen LogP contribution in [-0.4, -0.2) is 11.0 Å². The number of hydrogen-bond donors (Lipinski definition) is 2. The van der Waals surface area contributed by atoms with E-state index >= 15 is 0 Å². The molecule has 2 aromatic carbocycles. The molecule has 116 valence electrons. The summed E-state index contributed by atoms with van der Waals surface area (Å²) in [7, 11) is 0. The van der Waals surface area contributed by atoms with Gasteiger partial charge in [-0.05, 0) is 53.7 Å². The zero-order valence-corrected chi connectivity index (χ0v) is 12.8. The van der Waals surface area contributed by atoms with Crippen LogP contribution in [0.5, 0.6) is 5.75 Å². The summed E-state index contributed by atoms with van der Waals surface area (Å²) >= 11 is 4.87. The van der Waals surface area contributed by atoms with E-state index < -0.39 is 0 Å². The summed E-state index contributed by atoms with van der Waals surface area (Å²) in [5, 5.41) is 5.60. The molecule has 23 heavy (non-hydrogen) atoms. The predicted molar refractivity (Wildman–Crippen MR) is 89.0 cm³/mol. The highest BCUT2D eigenvalue weighted by Gasteiger charge is 2.19. The molecule has 0 unspecified atom stereocenters. The van der Waals surface area contributed by atoms with Crippen molar-refractivity contribution in [2.45, 2.75) is 6.61 Å². The minimum Gasteiger partial charge on any atom is -0.489 e. The Morgan fingerprint density at radius 1 is 1.04 bits per heavy atom. The normalized spacial score (nSPS) is 15.4. The first kappa shape index (κ1) is 15.2. The van der Waals surface area contributed by atoms with E-state index in [2.05, 4.69) is 10.6 Å². The van der Waals surface area contributed by atoms with Crippen LogP contribution in [0.3, 0.4) is 0 Å². The summed E-state index contributed by atoms with van der Waals surface area (Å²) in [6.45, 7) is 0.360. The number of carbonyl (C=O) groups is 1. The molecule has 1 heterocycles. The van der Waals surface area contributed by atoms with Gasteiger partial charge in [0.25, 0.3) is 5.91 Å². The van der Waals surface area contributed by atoms with E-state index in [1.165, 1.54) is 12.1 Å². The van der Waals surface area contributed by atoms with Crippen molar-refractivity contribution in [3.63, 3.8) is 0 Å². The van der Waals surface area contributed by atoms with Gasteiger partial charge in [0.1, 0.15) is 23.9 Å². The molecular weight excluding hydrogens is 315 g/mol. The third-order valence-corrected chi connectivity index (χ3v) is 3.43. The van der Waals surface area contributed by atoms with Crippen LogP contribution in [0.4, 0.5) is 4.39 Å². The number of hydrogen-bond acceptors (Lipinski definition) is 3. The Hall–Kier alpha value is -2.73. The maximum absolute atomic E-state index is 12.8. The van der Waals surface area contributed by atoms with Crippen molar-refractivity contribution in [1.29, 1.82) is 0 Å². The van der Waals surface area contributed by atoms with Gasteiger partial charge < -0.3 is 10.1 Å². The summed E-state index contributed by atoms with van der Waals surface area (Å²) in [5.74, 6) is 0.178. The van der Waals surface area contributed by atoms with Crippen molar-refractivity contribution in [2.24, 2.45) is 0 Å². The highest BCUT2D eigenvalue weighted by molar-refractivity contribution is 7.80. The topological polar surface area (TPSA) is 50.4 Å². The second-order valence-electron chi connectivity index (χ2n) is 4.95. The maximum Gasteiger partial charge on any atom is 0.273 e. The van der Waals surface area contributed by atoms with Gasteiger partial charge in [-0.1, -0.05) is 24.3 Å². The first-order valence-corrected chi connectivity index (χ1v) is 7.32. The fourth-order valence-corrected chi connectivity index (χ4v) is 2.26. The number of carbonyl (C=O) groups excluding carboxylic acids is 1. The molecule has 0 bridgehead atoms. The standard InChI is InChI=1S/C17H13FN2O2S/c18-13-5-1-12(2-6-13)10-22-14-7-3-11(4-8-14)9-15-16(21)20-17(23)19-15/h1-9H,10H2,(H2,19,20,21,23). The molecule has 1 aliphatic rings. The van der Waals surface area contributed by atoms with Crippen LogP contribution in [0.2, 0.25) is 0 Å². The molecule has 0 spiro atoms. The molecule has 1 aliphatic heterocycles. The zero-order chi connectivity index (χ0) is 16.2. The van der Waals surface area contributed by atoms with Crippen LogP contribution in [0.15, 0.2) is 54.2 Å². The van der Waals surface area contributed by atoms with Gasteiger partial charge in [-0.15, -0.1) is 0 Å². The average Bonchev–Trinajstić information content (AvgIpc) is 2.86. The Bertz CT molecular complexity index is 770. The van der Waals surface area contributed by atoms with Crippen LogP contribution in [0.25, 0.3) is 6.08 Å². The second kappa shape index (κ2) is 6.58. The zero-order valence-electron chi connectivity index (χ0n) is 12.0. The van der Waals surface area contributed by atoms with Crippen LogP contribution >= 0.6 is 12.2 Å². The fraction of sp³-hybridized carbons (Fsp3) is 0.0588. The van der Waals surface area contributed by atoms with Gasteiger partial charge in [0, 0.05) is 0 Å². The molecule has 2 N–H and O–H groups in total. The molecule has 0 aliphatic carbocycles. The molecule has 1 fully saturated rings. The number of rotatable bonds is 4. The van der Waals surface area contributed by atoms with Gasteiger partial charge >= 0.3 is 0 Å². The predicted octanol–water partition coefficient (Wildman–Crippen LogP) is 2.75. The minimum absolute atomic E-state index is 0.244. The molecule has 1 amide bonds. The van der Waals surface area contributed by atoms with Crippen LogP contribution < -0.4 is 15.4 Å². The first-order valence-electron chi connectivity index (χ1n) is 6.91. The first-order chi connectivity index (χ1) is 11.1. The second-order valence-corrected chi connectivity index (χ2v) is 5.36. The Morgan fingerprint density at radius 2 is 1.74 bits per heavy atom. The Kier molecular flexibility index (Phi) is 4.34. The van der Waals surface area contributed by atoms with Gasteiger partial charge in [-0.25, -0.2) is 4.39 Å². The van der Waals surface area contributed by atoms with E-state index in [9.17, 15) is 9.18 Å².